The molecule has 2 heterocycles. The van der Waals surface area contributed by atoms with Gasteiger partial charge in [0.25, 0.3) is 0 Å². The monoisotopic (exact) mass is 230 g/mol. The van der Waals surface area contributed by atoms with Gasteiger partial charge in [0.2, 0.25) is 5.95 Å². The lowest BCUT2D eigenvalue weighted by atomic mass is 10.2. The first-order valence-electron chi connectivity index (χ1n) is 5.74. The van der Waals surface area contributed by atoms with E-state index in [1.165, 1.54) is 23.2 Å². The van der Waals surface area contributed by atoms with Gasteiger partial charge in [0.1, 0.15) is 0 Å². The van der Waals surface area contributed by atoms with Crippen LogP contribution in [0.5, 0.6) is 0 Å². The zero-order valence-corrected chi connectivity index (χ0v) is 9.45. The maximum Gasteiger partial charge on any atom is 0.245 e. The molecule has 2 aromatic rings. The number of benzene rings is 1. The van der Waals surface area contributed by atoms with E-state index in [9.17, 15) is 0 Å². The Bertz CT molecular complexity index is 497. The maximum atomic E-state index is 5.65. The topological polar surface area (TPSA) is 72.9 Å². The van der Waals surface area contributed by atoms with Crippen LogP contribution in [0.4, 0.5) is 11.6 Å². The zero-order valence-electron chi connectivity index (χ0n) is 9.45. The smallest absolute Gasteiger partial charge is 0.245 e. The van der Waals surface area contributed by atoms with Gasteiger partial charge in [-0.15, -0.1) is 0 Å². The highest BCUT2D eigenvalue weighted by molar-refractivity contribution is 5.52. The molecule has 6 nitrogen and oxygen atoms in total. The number of hydrogen-bond acceptors (Lipinski definition) is 5. The molecular formula is C11H14N6. The van der Waals surface area contributed by atoms with E-state index in [2.05, 4.69) is 32.6 Å². The molecule has 0 radical (unpaired) electrons. The van der Waals surface area contributed by atoms with Gasteiger partial charge < -0.3 is 10.6 Å². The zero-order chi connectivity index (χ0) is 11.7. The highest BCUT2D eigenvalue weighted by Crippen LogP contribution is 2.21. The molecule has 1 aromatic carbocycles. The van der Waals surface area contributed by atoms with Crippen LogP contribution in [0.25, 0.3) is 5.69 Å². The van der Waals surface area contributed by atoms with E-state index in [1.54, 1.807) is 0 Å². The number of anilines is 2. The van der Waals surface area contributed by atoms with Crippen molar-refractivity contribution in [1.82, 2.24) is 20.2 Å². The number of rotatable bonds is 2. The second-order valence-corrected chi connectivity index (χ2v) is 4.16. The summed E-state index contributed by atoms with van der Waals surface area (Å²) in [5, 5.41) is 11.0. The van der Waals surface area contributed by atoms with Gasteiger partial charge in [-0.3, -0.25) is 0 Å². The second-order valence-electron chi connectivity index (χ2n) is 4.16. The first-order valence-corrected chi connectivity index (χ1v) is 5.74. The number of nitrogen functional groups attached to an aromatic ring is 1. The number of aromatic nitrogens is 4. The van der Waals surface area contributed by atoms with E-state index >= 15 is 0 Å². The quantitative estimate of drug-likeness (QED) is 0.827. The largest absolute Gasteiger partial charge is 0.372 e. The van der Waals surface area contributed by atoms with Crippen LogP contribution in [-0.2, 0) is 0 Å². The van der Waals surface area contributed by atoms with Gasteiger partial charge in [-0.25, -0.2) is 0 Å². The van der Waals surface area contributed by atoms with Gasteiger partial charge in [-0.1, -0.05) is 5.10 Å². The van der Waals surface area contributed by atoms with E-state index in [4.69, 9.17) is 5.73 Å². The SMILES string of the molecule is Nc1nnnn1-c1ccc(N2CCCC2)cc1. The molecular weight excluding hydrogens is 216 g/mol. The molecule has 1 aliphatic heterocycles. The number of hydrogen-bond donors (Lipinski definition) is 1. The van der Waals surface area contributed by atoms with Crippen molar-refractivity contribution >= 4 is 11.6 Å². The number of tetrazole rings is 1. The molecule has 1 aromatic heterocycles. The van der Waals surface area contributed by atoms with Gasteiger partial charge in [0.15, 0.2) is 0 Å². The molecule has 88 valence electrons. The van der Waals surface area contributed by atoms with Crippen molar-refractivity contribution in [2.75, 3.05) is 23.7 Å². The molecule has 0 bridgehead atoms. The van der Waals surface area contributed by atoms with Crippen LogP contribution in [0.2, 0.25) is 0 Å². The van der Waals surface area contributed by atoms with E-state index in [1.807, 2.05) is 12.1 Å². The van der Waals surface area contributed by atoms with Crippen LogP contribution in [0, 0.1) is 0 Å². The van der Waals surface area contributed by atoms with Crippen molar-refractivity contribution in [2.45, 2.75) is 12.8 Å². The summed E-state index contributed by atoms with van der Waals surface area (Å²) in [6, 6.07) is 8.14. The van der Waals surface area contributed by atoms with Crippen molar-refractivity contribution in [2.24, 2.45) is 0 Å². The van der Waals surface area contributed by atoms with Crippen molar-refractivity contribution < 1.29 is 0 Å². The van der Waals surface area contributed by atoms with E-state index < -0.39 is 0 Å². The Morgan fingerprint density at radius 3 is 2.24 bits per heavy atom. The number of nitrogens with zero attached hydrogens (tertiary/aromatic N) is 5. The Balaban J connectivity index is 1.87. The summed E-state index contributed by atoms with van der Waals surface area (Å²) >= 11 is 0. The van der Waals surface area contributed by atoms with Crippen molar-refractivity contribution in [1.29, 1.82) is 0 Å². The summed E-state index contributed by atoms with van der Waals surface area (Å²) in [5.74, 6) is 0.305. The minimum atomic E-state index is 0.305. The summed E-state index contributed by atoms with van der Waals surface area (Å²) < 4.78 is 1.52. The molecule has 6 heteroatoms. The van der Waals surface area contributed by atoms with Gasteiger partial charge in [0, 0.05) is 18.8 Å². The summed E-state index contributed by atoms with van der Waals surface area (Å²) in [7, 11) is 0. The highest BCUT2D eigenvalue weighted by atomic mass is 15.6. The molecule has 1 aliphatic rings. The van der Waals surface area contributed by atoms with Crippen LogP contribution in [0.3, 0.4) is 0 Å². The first-order chi connectivity index (χ1) is 8.34. The molecule has 17 heavy (non-hydrogen) atoms. The molecule has 0 spiro atoms. The van der Waals surface area contributed by atoms with E-state index in [-0.39, 0.29) is 0 Å². The molecule has 0 atom stereocenters. The Morgan fingerprint density at radius 2 is 1.65 bits per heavy atom. The third-order valence-electron chi connectivity index (χ3n) is 3.06. The van der Waals surface area contributed by atoms with Crippen LogP contribution in [0.1, 0.15) is 12.8 Å². The van der Waals surface area contributed by atoms with Crippen LogP contribution in [-0.4, -0.2) is 33.3 Å². The predicted molar refractivity (Wildman–Crippen MR) is 65.0 cm³/mol. The van der Waals surface area contributed by atoms with Crippen molar-refractivity contribution in [3.8, 4) is 5.69 Å². The normalized spacial score (nSPS) is 15.4. The fraction of sp³-hybridized carbons (Fsp3) is 0.364. The molecule has 0 unspecified atom stereocenters. The average molecular weight is 230 g/mol. The highest BCUT2D eigenvalue weighted by Gasteiger charge is 2.12. The summed E-state index contributed by atoms with van der Waals surface area (Å²) in [6.45, 7) is 2.29. The van der Waals surface area contributed by atoms with Crippen molar-refractivity contribution in [3.05, 3.63) is 24.3 Å². The Hall–Kier alpha value is -2.11. The molecule has 2 N–H and O–H groups in total. The number of nitrogens with two attached hydrogens (primary N) is 1. The Morgan fingerprint density at radius 1 is 1.00 bits per heavy atom. The van der Waals surface area contributed by atoms with Gasteiger partial charge in [0.05, 0.1) is 5.69 Å². The first kappa shape index (κ1) is 10.1. The molecule has 3 rings (SSSR count). The molecule has 1 fully saturated rings. The molecule has 0 saturated carbocycles. The summed E-state index contributed by atoms with van der Waals surface area (Å²) in [6.07, 6.45) is 2.56. The third kappa shape index (κ3) is 1.82. The lowest BCUT2D eigenvalue weighted by Gasteiger charge is -2.17. The maximum absolute atomic E-state index is 5.65. The molecule has 0 aliphatic carbocycles. The second kappa shape index (κ2) is 4.04. The van der Waals surface area contributed by atoms with Crippen molar-refractivity contribution in [3.63, 3.8) is 0 Å². The van der Waals surface area contributed by atoms with Crippen LogP contribution < -0.4 is 10.6 Å². The minimum Gasteiger partial charge on any atom is -0.372 e. The van der Waals surface area contributed by atoms with Gasteiger partial charge >= 0.3 is 0 Å². The molecule has 1 saturated heterocycles. The Labute approximate surface area is 99.0 Å². The summed E-state index contributed by atoms with van der Waals surface area (Å²) in [4.78, 5) is 2.38. The summed E-state index contributed by atoms with van der Waals surface area (Å²) in [5.41, 5.74) is 7.78. The van der Waals surface area contributed by atoms with Gasteiger partial charge in [-0.05, 0) is 47.5 Å². The molecule has 0 amide bonds. The fourth-order valence-corrected chi connectivity index (χ4v) is 2.16. The lowest BCUT2D eigenvalue weighted by Crippen LogP contribution is -2.17. The van der Waals surface area contributed by atoms with Gasteiger partial charge in [-0.2, -0.15) is 4.68 Å². The van der Waals surface area contributed by atoms with E-state index in [0.29, 0.717) is 5.95 Å². The average Bonchev–Trinajstić information content (AvgIpc) is 3.00. The third-order valence-corrected chi connectivity index (χ3v) is 3.06. The van der Waals surface area contributed by atoms with Crippen LogP contribution in [0.15, 0.2) is 24.3 Å². The Kier molecular flexibility index (Phi) is 2.40. The van der Waals surface area contributed by atoms with Crippen LogP contribution >= 0.6 is 0 Å². The standard InChI is InChI=1S/C11H14N6/c12-11-13-14-15-17(11)10-5-3-9(4-6-10)16-7-1-2-8-16/h3-6H,1-2,7-8H2,(H2,12,13,15). The lowest BCUT2D eigenvalue weighted by molar-refractivity contribution is 0.791. The van der Waals surface area contributed by atoms with E-state index in [0.717, 1.165) is 18.8 Å². The fourth-order valence-electron chi connectivity index (χ4n) is 2.16. The predicted octanol–water partition coefficient (Wildman–Crippen LogP) is 0.845. The minimum absolute atomic E-state index is 0.305.